The first-order valence-electron chi connectivity index (χ1n) is 7.58. The van der Waals surface area contributed by atoms with Gasteiger partial charge in [0.25, 0.3) is 5.91 Å². The highest BCUT2D eigenvalue weighted by atomic mass is 32.1. The van der Waals surface area contributed by atoms with Crippen molar-refractivity contribution in [2.75, 3.05) is 0 Å². The molecule has 3 aromatic rings. The average Bonchev–Trinajstić information content (AvgIpc) is 3.03. The van der Waals surface area contributed by atoms with Crippen LogP contribution >= 0.6 is 11.3 Å². The molecule has 0 saturated carbocycles. The van der Waals surface area contributed by atoms with Crippen molar-refractivity contribution in [3.8, 4) is 0 Å². The number of nitrogens with one attached hydrogen (secondary N) is 1. The molecule has 2 aromatic carbocycles. The zero-order valence-electron chi connectivity index (χ0n) is 12.9. The number of rotatable bonds is 5. The minimum atomic E-state index is -0.161. The lowest BCUT2D eigenvalue weighted by molar-refractivity contribution is 0.0957. The number of carbonyl (C=O) groups excluding carboxylic acids is 1. The van der Waals surface area contributed by atoms with E-state index in [1.807, 2.05) is 47.8 Å². The number of thiophene rings is 1. The lowest BCUT2D eigenvalue weighted by Gasteiger charge is -2.07. The lowest BCUT2D eigenvalue weighted by atomic mass is 9.99. The molecule has 0 aliphatic heterocycles. The van der Waals surface area contributed by atoms with Gasteiger partial charge >= 0.3 is 0 Å². The molecule has 4 heteroatoms. The summed E-state index contributed by atoms with van der Waals surface area (Å²) in [5.41, 5.74) is 4.57. The summed E-state index contributed by atoms with van der Waals surface area (Å²) >= 11 is 1.57. The Morgan fingerprint density at radius 3 is 2.74 bits per heavy atom. The van der Waals surface area contributed by atoms with Gasteiger partial charge in [-0.15, -0.1) is 11.3 Å². The molecule has 0 saturated heterocycles. The van der Waals surface area contributed by atoms with Gasteiger partial charge in [0.15, 0.2) is 0 Å². The molecule has 1 atom stereocenters. The van der Waals surface area contributed by atoms with Crippen LogP contribution in [0.4, 0.5) is 0 Å². The fraction of sp³-hybridized carbons (Fsp3) is 0.158. The lowest BCUT2D eigenvalue weighted by Crippen LogP contribution is -2.17. The molecule has 1 N–H and O–H groups in total. The highest BCUT2D eigenvalue weighted by Crippen LogP contribution is 2.25. The van der Waals surface area contributed by atoms with Crippen LogP contribution in [0.3, 0.4) is 0 Å². The van der Waals surface area contributed by atoms with E-state index in [1.165, 1.54) is 5.56 Å². The number of carbonyl (C=O) groups is 1. The molecule has 0 radical (unpaired) electrons. The van der Waals surface area contributed by atoms with Crippen molar-refractivity contribution in [2.24, 2.45) is 5.10 Å². The summed E-state index contributed by atoms with van der Waals surface area (Å²) in [6, 6.07) is 18.2. The van der Waals surface area contributed by atoms with Gasteiger partial charge in [-0.3, -0.25) is 4.79 Å². The number of nitrogens with zero attached hydrogens (tertiary/aromatic N) is 1. The number of benzene rings is 2. The molecule has 0 spiro atoms. The topological polar surface area (TPSA) is 41.5 Å². The van der Waals surface area contributed by atoms with Crippen LogP contribution in [0.5, 0.6) is 0 Å². The monoisotopic (exact) mass is 322 g/mol. The van der Waals surface area contributed by atoms with E-state index in [9.17, 15) is 4.79 Å². The Kier molecular flexibility index (Phi) is 4.83. The second-order valence-electron chi connectivity index (χ2n) is 5.45. The zero-order valence-corrected chi connectivity index (χ0v) is 13.7. The molecule has 1 aromatic heterocycles. The third-order valence-corrected chi connectivity index (χ3v) is 4.77. The van der Waals surface area contributed by atoms with Crippen LogP contribution in [0.15, 0.2) is 65.1 Å². The molecule has 23 heavy (non-hydrogen) atoms. The summed E-state index contributed by atoms with van der Waals surface area (Å²) in [6.07, 6.45) is 2.55. The van der Waals surface area contributed by atoms with Crippen LogP contribution in [-0.4, -0.2) is 12.1 Å². The van der Waals surface area contributed by atoms with Crippen LogP contribution < -0.4 is 5.43 Å². The summed E-state index contributed by atoms with van der Waals surface area (Å²) in [6.45, 7) is 2.15. The normalized spacial score (nSPS) is 12.6. The zero-order chi connectivity index (χ0) is 16.1. The summed E-state index contributed by atoms with van der Waals surface area (Å²) in [4.78, 5) is 12.2. The van der Waals surface area contributed by atoms with E-state index in [1.54, 1.807) is 17.6 Å². The number of hydrogen-bond acceptors (Lipinski definition) is 3. The largest absolute Gasteiger partial charge is 0.272 e. The van der Waals surface area contributed by atoms with Crippen molar-refractivity contribution in [1.82, 2.24) is 5.43 Å². The summed E-state index contributed by atoms with van der Waals surface area (Å²) < 4.78 is 1.11. The van der Waals surface area contributed by atoms with Gasteiger partial charge < -0.3 is 0 Å². The SMILES string of the molecule is C[C@H](CC=NNC(=O)c1csc2ccccc12)c1ccccc1. The maximum atomic E-state index is 12.2. The molecule has 1 heterocycles. The standard InChI is InChI=1S/C19H18N2OS/c1-14(15-7-3-2-4-8-15)11-12-20-21-19(22)17-13-23-18-10-6-5-9-16(17)18/h2-10,12-14H,11H2,1H3,(H,21,22)/t14-/m1/s1. The third kappa shape index (κ3) is 3.66. The highest BCUT2D eigenvalue weighted by Gasteiger charge is 2.10. The Hall–Kier alpha value is -2.46. The van der Waals surface area contributed by atoms with E-state index >= 15 is 0 Å². The van der Waals surface area contributed by atoms with Gasteiger partial charge in [0.1, 0.15) is 0 Å². The predicted octanol–water partition coefficient (Wildman–Crippen LogP) is 4.81. The average molecular weight is 322 g/mol. The van der Waals surface area contributed by atoms with E-state index in [0.717, 1.165) is 16.5 Å². The Morgan fingerprint density at radius 1 is 1.17 bits per heavy atom. The van der Waals surface area contributed by atoms with Gasteiger partial charge in [-0.2, -0.15) is 5.10 Å². The van der Waals surface area contributed by atoms with E-state index < -0.39 is 0 Å². The second-order valence-corrected chi connectivity index (χ2v) is 6.36. The Bertz CT molecular complexity index is 824. The van der Waals surface area contributed by atoms with Gasteiger partial charge in [0, 0.05) is 21.7 Å². The Labute approximate surface area is 139 Å². The molecular formula is C19H18N2OS. The van der Waals surface area contributed by atoms with Crippen LogP contribution in [-0.2, 0) is 0 Å². The van der Waals surface area contributed by atoms with Crippen molar-refractivity contribution in [2.45, 2.75) is 19.3 Å². The maximum absolute atomic E-state index is 12.2. The molecule has 0 aliphatic carbocycles. The summed E-state index contributed by atoms with van der Waals surface area (Å²) in [7, 11) is 0. The number of hydrogen-bond donors (Lipinski definition) is 1. The Morgan fingerprint density at radius 2 is 1.91 bits per heavy atom. The summed E-state index contributed by atoms with van der Waals surface area (Å²) in [5, 5.41) is 6.93. The molecule has 116 valence electrons. The van der Waals surface area contributed by atoms with Gasteiger partial charge in [0.05, 0.1) is 5.56 Å². The van der Waals surface area contributed by atoms with Gasteiger partial charge in [-0.25, -0.2) is 5.43 Å². The van der Waals surface area contributed by atoms with Crippen molar-refractivity contribution < 1.29 is 4.79 Å². The smallest absolute Gasteiger partial charge is 0.267 e. The van der Waals surface area contributed by atoms with Crippen molar-refractivity contribution in [3.63, 3.8) is 0 Å². The van der Waals surface area contributed by atoms with E-state index in [2.05, 4.69) is 29.6 Å². The van der Waals surface area contributed by atoms with Gasteiger partial charge in [-0.1, -0.05) is 55.5 Å². The van der Waals surface area contributed by atoms with E-state index in [0.29, 0.717) is 11.5 Å². The van der Waals surface area contributed by atoms with Gasteiger partial charge in [-0.05, 0) is 24.0 Å². The molecule has 0 bridgehead atoms. The Balaban J connectivity index is 1.59. The first-order chi connectivity index (χ1) is 11.3. The van der Waals surface area contributed by atoms with Crippen molar-refractivity contribution >= 4 is 33.5 Å². The van der Waals surface area contributed by atoms with Crippen molar-refractivity contribution in [3.05, 3.63) is 71.1 Å². The number of hydrazone groups is 1. The molecule has 0 aliphatic rings. The van der Waals surface area contributed by atoms with Crippen LogP contribution in [0.2, 0.25) is 0 Å². The molecule has 0 unspecified atom stereocenters. The highest BCUT2D eigenvalue weighted by molar-refractivity contribution is 7.17. The molecule has 1 amide bonds. The van der Waals surface area contributed by atoms with Crippen LogP contribution in [0, 0.1) is 0 Å². The minimum Gasteiger partial charge on any atom is -0.267 e. The minimum absolute atomic E-state index is 0.161. The fourth-order valence-electron chi connectivity index (χ4n) is 2.45. The van der Waals surface area contributed by atoms with E-state index in [4.69, 9.17) is 0 Å². The molecule has 0 fully saturated rings. The maximum Gasteiger partial charge on any atom is 0.272 e. The summed E-state index contributed by atoms with van der Waals surface area (Å²) in [5.74, 6) is 0.213. The number of fused-ring (bicyclic) bond motifs is 1. The third-order valence-electron chi connectivity index (χ3n) is 3.81. The van der Waals surface area contributed by atoms with Gasteiger partial charge in [0.2, 0.25) is 0 Å². The predicted molar refractivity (Wildman–Crippen MR) is 97.3 cm³/mol. The van der Waals surface area contributed by atoms with E-state index in [-0.39, 0.29) is 5.91 Å². The number of amides is 1. The fourth-order valence-corrected chi connectivity index (χ4v) is 3.39. The van der Waals surface area contributed by atoms with Crippen LogP contribution in [0.1, 0.15) is 35.2 Å². The van der Waals surface area contributed by atoms with Crippen molar-refractivity contribution in [1.29, 1.82) is 0 Å². The second kappa shape index (κ2) is 7.20. The first-order valence-corrected chi connectivity index (χ1v) is 8.46. The molecular weight excluding hydrogens is 304 g/mol. The van der Waals surface area contributed by atoms with Crippen LogP contribution in [0.25, 0.3) is 10.1 Å². The molecule has 3 rings (SSSR count). The molecule has 3 nitrogen and oxygen atoms in total. The quantitative estimate of drug-likeness (QED) is 0.531. The first kappa shape index (κ1) is 15.4.